The molecule has 2 aromatic carbocycles. The maximum absolute atomic E-state index is 5.97. The first-order chi connectivity index (χ1) is 11.8. The summed E-state index contributed by atoms with van der Waals surface area (Å²) in [5.74, 6) is 1.65. The molecular weight excluding hydrogens is 316 g/mol. The Hall–Kier alpha value is -1.31. The molecule has 1 aliphatic carbocycles. The van der Waals surface area contributed by atoms with E-state index in [0.29, 0.717) is 0 Å². The van der Waals surface area contributed by atoms with Gasteiger partial charge in [-0.05, 0) is 79.2 Å². The van der Waals surface area contributed by atoms with Crippen LogP contribution in [-0.2, 0) is 4.74 Å². The Morgan fingerprint density at radius 3 is 2.04 bits per heavy atom. The molecule has 0 atom stereocenters. The molecule has 2 aromatic rings. The Balaban J connectivity index is 1.56. The summed E-state index contributed by atoms with van der Waals surface area (Å²) in [4.78, 5) is 0. The van der Waals surface area contributed by atoms with Crippen LogP contribution in [0, 0.1) is 5.92 Å². The number of benzene rings is 2. The fraction of sp³-hybridized carbons (Fsp3) is 0.455. The third-order valence-electron chi connectivity index (χ3n) is 5.37. The van der Waals surface area contributed by atoms with E-state index in [2.05, 4.69) is 36.4 Å². The summed E-state index contributed by atoms with van der Waals surface area (Å²) < 4.78 is 5.17. The van der Waals surface area contributed by atoms with Crippen molar-refractivity contribution in [1.29, 1.82) is 0 Å². The van der Waals surface area contributed by atoms with Crippen LogP contribution in [0.25, 0.3) is 11.1 Å². The highest BCUT2D eigenvalue weighted by atomic mass is 35.5. The molecule has 0 aliphatic heterocycles. The van der Waals surface area contributed by atoms with Gasteiger partial charge in [-0.3, -0.25) is 0 Å². The van der Waals surface area contributed by atoms with Crippen LogP contribution in [0.5, 0.6) is 0 Å². The zero-order chi connectivity index (χ0) is 16.8. The van der Waals surface area contributed by atoms with Crippen molar-refractivity contribution in [1.82, 2.24) is 0 Å². The van der Waals surface area contributed by atoms with Crippen LogP contribution in [0.15, 0.2) is 48.5 Å². The van der Waals surface area contributed by atoms with Crippen molar-refractivity contribution in [2.75, 3.05) is 13.7 Å². The van der Waals surface area contributed by atoms with Gasteiger partial charge < -0.3 is 4.74 Å². The molecule has 1 nitrogen and oxygen atoms in total. The van der Waals surface area contributed by atoms with E-state index in [1.807, 2.05) is 12.1 Å². The predicted octanol–water partition coefficient (Wildman–Crippen LogP) is 6.71. The number of ether oxygens (including phenoxy) is 1. The standard InChI is InChI=1S/C22H27ClO/c1-24-16-2-3-17-4-6-18(7-5-17)19-8-10-20(11-9-19)21-12-14-22(23)15-13-21/h8-15,17-18H,2-7,16H2,1H3/t17-,18-. The van der Waals surface area contributed by atoms with Crippen LogP contribution in [0.3, 0.4) is 0 Å². The molecule has 1 saturated carbocycles. The van der Waals surface area contributed by atoms with E-state index in [-0.39, 0.29) is 0 Å². The van der Waals surface area contributed by atoms with Crippen LogP contribution in [0.4, 0.5) is 0 Å². The van der Waals surface area contributed by atoms with Gasteiger partial charge in [0.2, 0.25) is 0 Å². The molecule has 0 N–H and O–H groups in total. The van der Waals surface area contributed by atoms with Gasteiger partial charge in [-0.25, -0.2) is 0 Å². The van der Waals surface area contributed by atoms with Gasteiger partial charge in [0.25, 0.3) is 0 Å². The van der Waals surface area contributed by atoms with Crippen molar-refractivity contribution in [3.05, 3.63) is 59.1 Å². The second-order valence-electron chi connectivity index (χ2n) is 6.98. The normalized spacial score (nSPS) is 20.9. The quantitative estimate of drug-likeness (QED) is 0.530. The molecule has 128 valence electrons. The lowest BCUT2D eigenvalue weighted by molar-refractivity contribution is 0.180. The molecule has 0 radical (unpaired) electrons. The highest BCUT2D eigenvalue weighted by Gasteiger charge is 2.22. The Morgan fingerprint density at radius 2 is 1.46 bits per heavy atom. The lowest BCUT2D eigenvalue weighted by atomic mass is 9.77. The van der Waals surface area contributed by atoms with Crippen molar-refractivity contribution in [3.8, 4) is 11.1 Å². The van der Waals surface area contributed by atoms with Gasteiger partial charge >= 0.3 is 0 Å². The van der Waals surface area contributed by atoms with Crippen LogP contribution in [-0.4, -0.2) is 13.7 Å². The monoisotopic (exact) mass is 342 g/mol. The first-order valence-electron chi connectivity index (χ1n) is 9.11. The molecule has 2 heteroatoms. The topological polar surface area (TPSA) is 9.23 Å². The summed E-state index contributed by atoms with van der Waals surface area (Å²) in [7, 11) is 1.80. The summed E-state index contributed by atoms with van der Waals surface area (Å²) in [5.41, 5.74) is 4.00. The van der Waals surface area contributed by atoms with Gasteiger partial charge in [-0.15, -0.1) is 0 Å². The molecule has 0 amide bonds. The number of rotatable bonds is 6. The average Bonchev–Trinajstić information content (AvgIpc) is 2.63. The first kappa shape index (κ1) is 17.5. The number of halogens is 1. The third-order valence-corrected chi connectivity index (χ3v) is 5.62. The maximum atomic E-state index is 5.97. The fourth-order valence-electron chi connectivity index (χ4n) is 3.89. The van der Waals surface area contributed by atoms with Gasteiger partial charge in [-0.2, -0.15) is 0 Å². The molecule has 0 unspecified atom stereocenters. The van der Waals surface area contributed by atoms with E-state index in [9.17, 15) is 0 Å². The van der Waals surface area contributed by atoms with E-state index < -0.39 is 0 Å². The minimum absolute atomic E-state index is 0.739. The Bertz CT molecular complexity index is 609. The smallest absolute Gasteiger partial charge is 0.0462 e. The van der Waals surface area contributed by atoms with Crippen molar-refractivity contribution in [3.63, 3.8) is 0 Å². The zero-order valence-corrected chi connectivity index (χ0v) is 15.3. The van der Waals surface area contributed by atoms with Crippen molar-refractivity contribution < 1.29 is 4.74 Å². The molecule has 0 heterocycles. The molecule has 0 spiro atoms. The van der Waals surface area contributed by atoms with Crippen LogP contribution in [0.1, 0.15) is 50.0 Å². The minimum Gasteiger partial charge on any atom is -0.385 e. The molecule has 1 aliphatic rings. The van der Waals surface area contributed by atoms with E-state index in [0.717, 1.165) is 23.5 Å². The van der Waals surface area contributed by atoms with Crippen molar-refractivity contribution in [2.24, 2.45) is 5.92 Å². The molecule has 0 bridgehead atoms. The second-order valence-corrected chi connectivity index (χ2v) is 7.42. The van der Waals surface area contributed by atoms with E-state index in [4.69, 9.17) is 16.3 Å². The van der Waals surface area contributed by atoms with Crippen LogP contribution >= 0.6 is 11.6 Å². The highest BCUT2D eigenvalue weighted by molar-refractivity contribution is 6.30. The summed E-state index contributed by atoms with van der Waals surface area (Å²) in [6.07, 6.45) is 7.94. The summed E-state index contributed by atoms with van der Waals surface area (Å²) in [5, 5.41) is 0.789. The summed E-state index contributed by atoms with van der Waals surface area (Å²) in [6.45, 7) is 0.909. The van der Waals surface area contributed by atoms with Crippen molar-refractivity contribution in [2.45, 2.75) is 44.4 Å². The van der Waals surface area contributed by atoms with Gasteiger partial charge in [0.1, 0.15) is 0 Å². The van der Waals surface area contributed by atoms with Crippen LogP contribution in [0.2, 0.25) is 5.02 Å². The minimum atomic E-state index is 0.739. The average molecular weight is 343 g/mol. The van der Waals surface area contributed by atoms with E-state index in [1.165, 1.54) is 55.2 Å². The number of hydrogen-bond donors (Lipinski definition) is 0. The number of hydrogen-bond acceptors (Lipinski definition) is 1. The lowest BCUT2D eigenvalue weighted by Crippen LogP contribution is -2.13. The molecule has 0 saturated heterocycles. The SMILES string of the molecule is COCCC[C@H]1CC[C@H](c2ccc(-c3ccc(Cl)cc3)cc2)CC1. The Labute approximate surface area is 151 Å². The molecule has 0 aromatic heterocycles. The Morgan fingerprint density at radius 1 is 0.875 bits per heavy atom. The first-order valence-corrected chi connectivity index (χ1v) is 9.49. The summed E-state index contributed by atoms with van der Waals surface area (Å²) >= 11 is 5.97. The van der Waals surface area contributed by atoms with Gasteiger partial charge in [0.05, 0.1) is 0 Å². The van der Waals surface area contributed by atoms with Crippen molar-refractivity contribution >= 4 is 11.6 Å². The third kappa shape index (κ3) is 4.62. The number of methoxy groups -OCH3 is 1. The molecular formula is C22H27ClO. The maximum Gasteiger partial charge on any atom is 0.0462 e. The molecule has 24 heavy (non-hydrogen) atoms. The molecule has 1 fully saturated rings. The second kappa shape index (κ2) is 8.69. The van der Waals surface area contributed by atoms with E-state index >= 15 is 0 Å². The fourth-order valence-corrected chi connectivity index (χ4v) is 4.02. The van der Waals surface area contributed by atoms with E-state index in [1.54, 1.807) is 7.11 Å². The lowest BCUT2D eigenvalue weighted by Gasteiger charge is -2.29. The van der Waals surface area contributed by atoms with Crippen LogP contribution < -0.4 is 0 Å². The van der Waals surface area contributed by atoms with Gasteiger partial charge in [0.15, 0.2) is 0 Å². The summed E-state index contributed by atoms with van der Waals surface area (Å²) in [6, 6.07) is 17.2. The zero-order valence-electron chi connectivity index (χ0n) is 14.5. The van der Waals surface area contributed by atoms with Gasteiger partial charge in [-0.1, -0.05) is 48.0 Å². The van der Waals surface area contributed by atoms with Gasteiger partial charge in [0, 0.05) is 18.7 Å². The predicted molar refractivity (Wildman–Crippen MR) is 103 cm³/mol. The highest BCUT2D eigenvalue weighted by Crippen LogP contribution is 2.38. The largest absolute Gasteiger partial charge is 0.385 e. The molecule has 3 rings (SSSR count). The Kier molecular flexibility index (Phi) is 6.34.